The summed E-state index contributed by atoms with van der Waals surface area (Å²) in [6.45, 7) is 2.33. The van der Waals surface area contributed by atoms with E-state index in [0.717, 1.165) is 21.7 Å². The zero-order valence-corrected chi connectivity index (χ0v) is 9.82. The number of rotatable bonds is 3. The number of hydrogen-bond donors (Lipinski definition) is 0. The van der Waals surface area contributed by atoms with Gasteiger partial charge in [-0.05, 0) is 41.1 Å². The van der Waals surface area contributed by atoms with Gasteiger partial charge in [0.05, 0.1) is 6.20 Å². The van der Waals surface area contributed by atoms with Crippen molar-refractivity contribution < 1.29 is 9.15 Å². The van der Waals surface area contributed by atoms with Crippen LogP contribution in [0.1, 0.15) is 11.5 Å². The van der Waals surface area contributed by atoms with Gasteiger partial charge in [-0.3, -0.25) is 4.98 Å². The molecule has 0 unspecified atom stereocenters. The Morgan fingerprint density at radius 3 is 2.93 bits per heavy atom. The van der Waals surface area contributed by atoms with Crippen molar-refractivity contribution in [2.45, 2.75) is 13.5 Å². The topological polar surface area (TPSA) is 35.3 Å². The third-order valence-electron chi connectivity index (χ3n) is 1.86. The van der Waals surface area contributed by atoms with Crippen LogP contribution in [0.15, 0.2) is 39.5 Å². The molecule has 0 atom stereocenters. The van der Waals surface area contributed by atoms with Gasteiger partial charge in [-0.2, -0.15) is 0 Å². The number of pyridine rings is 1. The highest BCUT2D eigenvalue weighted by atomic mass is 79.9. The van der Waals surface area contributed by atoms with Gasteiger partial charge in [0.15, 0.2) is 0 Å². The minimum absolute atomic E-state index is 0.423. The van der Waals surface area contributed by atoms with Crippen LogP contribution in [0.5, 0.6) is 5.75 Å². The van der Waals surface area contributed by atoms with Gasteiger partial charge in [-0.1, -0.05) is 0 Å². The average Bonchev–Trinajstić information content (AvgIpc) is 2.62. The molecule has 0 aliphatic heterocycles. The summed E-state index contributed by atoms with van der Waals surface area (Å²) in [6.07, 6.45) is 3.38. The van der Waals surface area contributed by atoms with Crippen LogP contribution in [0, 0.1) is 6.92 Å². The molecule has 0 fully saturated rings. The monoisotopic (exact) mass is 267 g/mol. The summed E-state index contributed by atoms with van der Waals surface area (Å²) in [5.74, 6) is 2.42. The zero-order chi connectivity index (χ0) is 10.7. The molecule has 15 heavy (non-hydrogen) atoms. The Labute approximate surface area is 96.2 Å². The number of nitrogens with zero attached hydrogens (tertiary/aromatic N) is 1. The minimum Gasteiger partial charge on any atom is -0.484 e. The number of furan rings is 1. The van der Waals surface area contributed by atoms with E-state index in [0.29, 0.717) is 6.61 Å². The lowest BCUT2D eigenvalue weighted by Crippen LogP contribution is -1.93. The highest BCUT2D eigenvalue weighted by Gasteiger charge is 2.00. The second kappa shape index (κ2) is 4.49. The Balaban J connectivity index is 1.99. The fraction of sp³-hybridized carbons (Fsp3) is 0.182. The lowest BCUT2D eigenvalue weighted by Gasteiger charge is -2.03. The summed E-state index contributed by atoms with van der Waals surface area (Å²) >= 11 is 3.33. The van der Waals surface area contributed by atoms with Crippen LogP contribution in [0.4, 0.5) is 0 Å². The first-order chi connectivity index (χ1) is 7.24. The van der Waals surface area contributed by atoms with Gasteiger partial charge < -0.3 is 9.15 Å². The van der Waals surface area contributed by atoms with Crippen molar-refractivity contribution in [3.63, 3.8) is 0 Å². The van der Waals surface area contributed by atoms with Gasteiger partial charge in [0.1, 0.15) is 23.9 Å². The maximum absolute atomic E-state index is 5.50. The summed E-state index contributed by atoms with van der Waals surface area (Å²) in [5.41, 5.74) is 0. The van der Waals surface area contributed by atoms with Crippen molar-refractivity contribution in [3.8, 4) is 5.75 Å². The van der Waals surface area contributed by atoms with E-state index in [-0.39, 0.29) is 0 Å². The maximum Gasteiger partial charge on any atom is 0.146 e. The van der Waals surface area contributed by atoms with Crippen LogP contribution in [0.2, 0.25) is 0 Å². The van der Waals surface area contributed by atoms with Gasteiger partial charge in [0.2, 0.25) is 0 Å². The average molecular weight is 268 g/mol. The molecule has 0 amide bonds. The molecule has 0 aliphatic carbocycles. The van der Waals surface area contributed by atoms with Crippen LogP contribution >= 0.6 is 15.9 Å². The maximum atomic E-state index is 5.50. The summed E-state index contributed by atoms with van der Waals surface area (Å²) in [5, 5.41) is 0. The fourth-order valence-corrected chi connectivity index (χ4v) is 1.53. The van der Waals surface area contributed by atoms with E-state index in [9.17, 15) is 0 Å². The van der Waals surface area contributed by atoms with E-state index in [4.69, 9.17) is 9.15 Å². The Morgan fingerprint density at radius 2 is 2.27 bits per heavy atom. The molecule has 0 aliphatic rings. The van der Waals surface area contributed by atoms with E-state index in [1.165, 1.54) is 0 Å². The van der Waals surface area contributed by atoms with Crippen molar-refractivity contribution in [3.05, 3.63) is 46.6 Å². The Kier molecular flexibility index (Phi) is 3.06. The van der Waals surface area contributed by atoms with Crippen molar-refractivity contribution in [2.24, 2.45) is 0 Å². The molecule has 0 saturated heterocycles. The Morgan fingerprint density at radius 1 is 1.40 bits per heavy atom. The van der Waals surface area contributed by atoms with E-state index >= 15 is 0 Å². The van der Waals surface area contributed by atoms with Crippen LogP contribution < -0.4 is 4.74 Å². The van der Waals surface area contributed by atoms with Gasteiger partial charge in [-0.25, -0.2) is 0 Å². The highest BCUT2D eigenvalue weighted by molar-refractivity contribution is 9.10. The molecule has 0 saturated carbocycles. The second-order valence-corrected chi connectivity index (χ2v) is 4.06. The first kappa shape index (κ1) is 10.2. The molecule has 0 aromatic carbocycles. The third kappa shape index (κ3) is 2.83. The van der Waals surface area contributed by atoms with E-state index in [1.54, 1.807) is 12.4 Å². The minimum atomic E-state index is 0.423. The van der Waals surface area contributed by atoms with Crippen molar-refractivity contribution in [1.82, 2.24) is 4.98 Å². The van der Waals surface area contributed by atoms with Gasteiger partial charge >= 0.3 is 0 Å². The second-order valence-electron chi connectivity index (χ2n) is 3.14. The molecule has 2 rings (SSSR count). The number of halogens is 1. The molecule has 2 aromatic rings. The van der Waals surface area contributed by atoms with E-state index in [1.807, 2.05) is 25.1 Å². The normalized spacial score (nSPS) is 10.3. The standard InChI is InChI=1S/C11H10BrNO2/c1-8-2-3-10(15-8)7-14-11-4-9(12)5-13-6-11/h2-6H,7H2,1H3. The lowest BCUT2D eigenvalue weighted by molar-refractivity contribution is 0.266. The van der Waals surface area contributed by atoms with Gasteiger partial charge in [-0.15, -0.1) is 0 Å². The van der Waals surface area contributed by atoms with Crippen molar-refractivity contribution in [2.75, 3.05) is 0 Å². The molecule has 0 spiro atoms. The zero-order valence-electron chi connectivity index (χ0n) is 8.24. The van der Waals surface area contributed by atoms with Crippen molar-refractivity contribution in [1.29, 1.82) is 0 Å². The first-order valence-corrected chi connectivity index (χ1v) is 5.32. The summed E-state index contributed by atoms with van der Waals surface area (Å²) < 4.78 is 11.8. The molecular formula is C11H10BrNO2. The van der Waals surface area contributed by atoms with Crippen LogP contribution in [-0.2, 0) is 6.61 Å². The van der Waals surface area contributed by atoms with Crippen molar-refractivity contribution >= 4 is 15.9 Å². The fourth-order valence-electron chi connectivity index (χ4n) is 1.19. The number of aryl methyl sites for hydroxylation is 1. The number of aromatic nitrogens is 1. The van der Waals surface area contributed by atoms with E-state index < -0.39 is 0 Å². The molecule has 3 nitrogen and oxygen atoms in total. The molecule has 2 aromatic heterocycles. The third-order valence-corrected chi connectivity index (χ3v) is 2.29. The molecule has 2 heterocycles. The van der Waals surface area contributed by atoms with Crippen LogP contribution in [0.25, 0.3) is 0 Å². The highest BCUT2D eigenvalue weighted by Crippen LogP contribution is 2.17. The predicted octanol–water partition coefficient (Wildman–Crippen LogP) is 3.32. The largest absolute Gasteiger partial charge is 0.484 e. The summed E-state index contributed by atoms with van der Waals surface area (Å²) in [4.78, 5) is 4.00. The summed E-state index contributed by atoms with van der Waals surface area (Å²) in [7, 11) is 0. The first-order valence-electron chi connectivity index (χ1n) is 4.53. The van der Waals surface area contributed by atoms with Crippen LogP contribution in [0.3, 0.4) is 0 Å². The number of ether oxygens (including phenoxy) is 1. The smallest absolute Gasteiger partial charge is 0.146 e. The summed E-state index contributed by atoms with van der Waals surface area (Å²) in [6, 6.07) is 5.68. The molecule has 0 N–H and O–H groups in total. The van der Waals surface area contributed by atoms with E-state index in [2.05, 4.69) is 20.9 Å². The van der Waals surface area contributed by atoms with Gasteiger partial charge in [0, 0.05) is 10.7 Å². The van der Waals surface area contributed by atoms with Crippen LogP contribution in [-0.4, -0.2) is 4.98 Å². The molecule has 0 bridgehead atoms. The van der Waals surface area contributed by atoms with Gasteiger partial charge in [0.25, 0.3) is 0 Å². The Hall–Kier alpha value is -1.29. The lowest BCUT2D eigenvalue weighted by atomic mass is 10.4. The quantitative estimate of drug-likeness (QED) is 0.856. The predicted molar refractivity (Wildman–Crippen MR) is 59.7 cm³/mol. The molecular weight excluding hydrogens is 258 g/mol. The Bertz CT molecular complexity index is 453. The SMILES string of the molecule is Cc1ccc(COc2cncc(Br)c2)o1. The molecule has 0 radical (unpaired) electrons. The number of hydrogen-bond acceptors (Lipinski definition) is 3. The molecule has 4 heteroatoms. The molecule has 78 valence electrons.